The maximum absolute atomic E-state index is 12.7. The topological polar surface area (TPSA) is 120 Å². The van der Waals surface area contributed by atoms with Gasteiger partial charge in [-0.3, -0.25) is 14.5 Å². The van der Waals surface area contributed by atoms with Gasteiger partial charge in [0.1, 0.15) is 11.6 Å². The number of hydrogen-bond donors (Lipinski definition) is 3. The highest BCUT2D eigenvalue weighted by Crippen LogP contribution is 2.48. The number of alkyl carbamates (subject to hydrolysis) is 1. The SMILES string of the molecule is Cc1ccc2c(c1)N(CCCN1CCN(CCNC(=O)[C@H](CC(N)=O)NC(=O)OC(C)(C)C)CC1)c1ccccc1S2. The van der Waals surface area contributed by atoms with Crippen molar-refractivity contribution in [3.8, 4) is 0 Å². The van der Waals surface area contributed by atoms with Crippen molar-refractivity contribution in [3.63, 3.8) is 0 Å². The first-order valence-electron chi connectivity index (χ1n) is 14.6. The molecule has 0 unspecified atom stereocenters. The molecule has 2 heterocycles. The van der Waals surface area contributed by atoms with Gasteiger partial charge >= 0.3 is 6.09 Å². The fourth-order valence-corrected chi connectivity index (χ4v) is 6.27. The molecule has 42 heavy (non-hydrogen) atoms. The van der Waals surface area contributed by atoms with Crippen molar-refractivity contribution >= 4 is 41.0 Å². The molecule has 2 aliphatic heterocycles. The normalized spacial score (nSPS) is 16.2. The predicted molar refractivity (Wildman–Crippen MR) is 166 cm³/mol. The van der Waals surface area contributed by atoms with Crippen LogP contribution in [-0.4, -0.2) is 91.7 Å². The predicted octanol–water partition coefficient (Wildman–Crippen LogP) is 3.49. The number of anilines is 2. The number of nitrogens with zero attached hydrogens (tertiary/aromatic N) is 3. The second-order valence-corrected chi connectivity index (χ2v) is 13.0. The Morgan fingerprint density at radius 2 is 1.62 bits per heavy atom. The molecule has 11 heteroatoms. The van der Waals surface area contributed by atoms with Crippen LogP contribution in [0.2, 0.25) is 0 Å². The van der Waals surface area contributed by atoms with E-state index < -0.39 is 29.6 Å². The zero-order valence-electron chi connectivity index (χ0n) is 25.2. The Balaban J connectivity index is 1.19. The zero-order valence-corrected chi connectivity index (χ0v) is 26.0. The molecule has 4 rings (SSSR count). The summed E-state index contributed by atoms with van der Waals surface area (Å²) >= 11 is 1.84. The van der Waals surface area contributed by atoms with Crippen molar-refractivity contribution in [1.82, 2.24) is 20.4 Å². The van der Waals surface area contributed by atoms with Gasteiger partial charge in [-0.1, -0.05) is 30.0 Å². The highest BCUT2D eigenvalue weighted by Gasteiger charge is 2.27. The first-order chi connectivity index (χ1) is 20.0. The van der Waals surface area contributed by atoms with E-state index in [0.717, 1.165) is 45.7 Å². The summed E-state index contributed by atoms with van der Waals surface area (Å²) in [6, 6.07) is 14.3. The number of para-hydroxylation sites is 1. The van der Waals surface area contributed by atoms with Gasteiger partial charge in [0, 0.05) is 55.6 Å². The van der Waals surface area contributed by atoms with Crippen LogP contribution in [0.25, 0.3) is 0 Å². The number of fused-ring (bicyclic) bond motifs is 2. The van der Waals surface area contributed by atoms with Gasteiger partial charge in [0.05, 0.1) is 17.8 Å². The lowest BCUT2D eigenvalue weighted by Crippen LogP contribution is -2.52. The molecule has 0 aliphatic carbocycles. The Morgan fingerprint density at radius 3 is 2.31 bits per heavy atom. The van der Waals surface area contributed by atoms with Crippen molar-refractivity contribution < 1.29 is 19.1 Å². The molecule has 0 aromatic heterocycles. The molecule has 1 atom stereocenters. The van der Waals surface area contributed by atoms with Gasteiger partial charge in [0.2, 0.25) is 11.8 Å². The van der Waals surface area contributed by atoms with E-state index in [9.17, 15) is 14.4 Å². The van der Waals surface area contributed by atoms with Crippen molar-refractivity contribution in [2.45, 2.75) is 62.0 Å². The standard InChI is InChI=1S/C31H44N6O4S/c1-22-10-11-27-25(20-22)37(24-8-5-6-9-26(24)42-27)14-7-13-35-16-18-36(19-17-35)15-12-33-29(39)23(21-28(32)38)34-30(40)41-31(2,3)4/h5-6,8-11,20,23H,7,12-19,21H2,1-4H3,(H2,32,38)(H,33,39)(H,34,40)/t23-/m0/s1. The number of rotatable bonds is 11. The maximum Gasteiger partial charge on any atom is 0.408 e. The van der Waals surface area contributed by atoms with Gasteiger partial charge in [-0.2, -0.15) is 0 Å². The van der Waals surface area contributed by atoms with Crippen LogP contribution in [0.3, 0.4) is 0 Å². The molecule has 0 radical (unpaired) electrons. The van der Waals surface area contributed by atoms with Crippen LogP contribution in [-0.2, 0) is 14.3 Å². The summed E-state index contributed by atoms with van der Waals surface area (Å²) in [5.74, 6) is -1.13. The number of piperazine rings is 1. The van der Waals surface area contributed by atoms with Crippen LogP contribution in [0.1, 0.15) is 39.2 Å². The Bertz CT molecular complexity index is 1260. The molecule has 228 valence electrons. The number of amides is 3. The van der Waals surface area contributed by atoms with Gasteiger partial charge in [-0.15, -0.1) is 0 Å². The molecule has 10 nitrogen and oxygen atoms in total. The summed E-state index contributed by atoms with van der Waals surface area (Å²) in [4.78, 5) is 46.1. The minimum atomic E-state index is -1.07. The number of carbonyl (C=O) groups is 3. The average Bonchev–Trinajstić information content (AvgIpc) is 2.92. The Labute approximate surface area is 253 Å². The van der Waals surface area contributed by atoms with Gasteiger partial charge < -0.3 is 30.9 Å². The average molecular weight is 597 g/mol. The highest BCUT2D eigenvalue weighted by atomic mass is 32.2. The first-order valence-corrected chi connectivity index (χ1v) is 15.5. The number of primary amides is 1. The Morgan fingerprint density at radius 1 is 0.952 bits per heavy atom. The molecule has 1 fully saturated rings. The largest absolute Gasteiger partial charge is 0.444 e. The summed E-state index contributed by atoms with van der Waals surface area (Å²) in [6.45, 7) is 14.2. The van der Waals surface area contributed by atoms with Gasteiger partial charge in [0.25, 0.3) is 0 Å². The van der Waals surface area contributed by atoms with Crippen molar-refractivity contribution in [2.75, 3.05) is 57.3 Å². The summed E-state index contributed by atoms with van der Waals surface area (Å²) < 4.78 is 5.21. The third-order valence-corrected chi connectivity index (χ3v) is 8.37. The minimum absolute atomic E-state index is 0.295. The number of hydrogen-bond acceptors (Lipinski definition) is 8. The lowest BCUT2D eigenvalue weighted by atomic mass is 10.1. The summed E-state index contributed by atoms with van der Waals surface area (Å²) in [7, 11) is 0. The van der Waals surface area contributed by atoms with Crippen LogP contribution < -0.4 is 21.3 Å². The lowest BCUT2D eigenvalue weighted by Gasteiger charge is -2.36. The second-order valence-electron chi connectivity index (χ2n) is 11.9. The molecule has 2 aromatic carbocycles. The maximum atomic E-state index is 12.7. The number of benzene rings is 2. The van der Waals surface area contributed by atoms with E-state index in [2.05, 4.69) is 74.7 Å². The molecular weight excluding hydrogens is 552 g/mol. The Kier molecular flexibility index (Phi) is 10.7. The van der Waals surface area contributed by atoms with Crippen LogP contribution >= 0.6 is 11.8 Å². The highest BCUT2D eigenvalue weighted by molar-refractivity contribution is 7.99. The number of carbonyl (C=O) groups excluding carboxylic acids is 3. The molecule has 2 aromatic rings. The number of nitrogens with one attached hydrogen (secondary N) is 2. The Hall–Kier alpha value is -3.28. The number of ether oxygens (including phenoxy) is 1. The smallest absolute Gasteiger partial charge is 0.408 e. The van der Waals surface area contributed by atoms with Gasteiger partial charge in [0.15, 0.2) is 0 Å². The molecule has 4 N–H and O–H groups in total. The number of nitrogens with two attached hydrogens (primary N) is 1. The monoisotopic (exact) mass is 596 g/mol. The van der Waals surface area contributed by atoms with Gasteiger partial charge in [-0.25, -0.2) is 4.79 Å². The van der Waals surface area contributed by atoms with E-state index in [-0.39, 0.29) is 6.42 Å². The molecule has 1 saturated heterocycles. The second kappa shape index (κ2) is 14.3. The quantitative estimate of drug-likeness (QED) is 0.361. The molecule has 0 bridgehead atoms. The van der Waals surface area contributed by atoms with E-state index in [4.69, 9.17) is 10.5 Å². The van der Waals surface area contributed by atoms with Gasteiger partial charge in [-0.05, 0) is 70.5 Å². The van der Waals surface area contributed by atoms with E-state index in [1.165, 1.54) is 26.7 Å². The molecule has 2 aliphatic rings. The lowest BCUT2D eigenvalue weighted by molar-refractivity contribution is -0.127. The van der Waals surface area contributed by atoms with E-state index >= 15 is 0 Å². The molecule has 0 saturated carbocycles. The van der Waals surface area contributed by atoms with E-state index in [0.29, 0.717) is 13.1 Å². The molecule has 3 amide bonds. The van der Waals surface area contributed by atoms with E-state index in [1.54, 1.807) is 20.8 Å². The summed E-state index contributed by atoms with van der Waals surface area (Å²) in [6.07, 6.45) is 0.00762. The number of aryl methyl sites for hydroxylation is 1. The van der Waals surface area contributed by atoms with Crippen LogP contribution in [0.4, 0.5) is 16.2 Å². The molecule has 0 spiro atoms. The zero-order chi connectivity index (χ0) is 30.3. The summed E-state index contributed by atoms with van der Waals surface area (Å²) in [5, 5.41) is 5.28. The third-order valence-electron chi connectivity index (χ3n) is 7.24. The van der Waals surface area contributed by atoms with Crippen LogP contribution in [0.15, 0.2) is 52.3 Å². The van der Waals surface area contributed by atoms with Crippen molar-refractivity contribution in [2.24, 2.45) is 5.73 Å². The van der Waals surface area contributed by atoms with Crippen molar-refractivity contribution in [1.29, 1.82) is 0 Å². The summed E-state index contributed by atoms with van der Waals surface area (Å²) in [5.41, 5.74) is 8.42. The van der Waals surface area contributed by atoms with Crippen molar-refractivity contribution in [3.05, 3.63) is 48.0 Å². The fourth-order valence-electron chi connectivity index (χ4n) is 5.19. The molecular formula is C31H44N6O4S. The third kappa shape index (κ3) is 9.11. The first kappa shape index (κ1) is 31.7. The fraction of sp³-hybridized carbons (Fsp3) is 0.516. The minimum Gasteiger partial charge on any atom is -0.444 e. The van der Waals surface area contributed by atoms with E-state index in [1.807, 2.05) is 11.8 Å². The van der Waals surface area contributed by atoms with Crippen LogP contribution in [0, 0.1) is 6.92 Å². The van der Waals surface area contributed by atoms with Crippen LogP contribution in [0.5, 0.6) is 0 Å².